The first-order valence-corrected chi connectivity index (χ1v) is 10.4. The maximum atomic E-state index is 13.1. The van der Waals surface area contributed by atoms with E-state index in [1.54, 1.807) is 23.1 Å². The number of nitrogens with zero attached hydrogens (tertiary/aromatic N) is 1. The molecule has 0 saturated carbocycles. The minimum Gasteiger partial charge on any atom is -0.347 e. The Labute approximate surface area is 162 Å². The Morgan fingerprint density at radius 1 is 1.12 bits per heavy atom. The van der Waals surface area contributed by atoms with Crippen molar-refractivity contribution < 1.29 is 4.79 Å². The van der Waals surface area contributed by atoms with E-state index >= 15 is 0 Å². The Morgan fingerprint density at radius 3 is 2.38 bits per heavy atom. The molecule has 3 rings (SSSR count). The van der Waals surface area contributed by atoms with Gasteiger partial charge in [-0.3, -0.25) is 4.79 Å². The van der Waals surface area contributed by atoms with Crippen LogP contribution in [0.2, 0.25) is 0 Å². The van der Waals surface area contributed by atoms with E-state index in [1.807, 2.05) is 73.0 Å². The van der Waals surface area contributed by atoms with Crippen LogP contribution in [0.1, 0.15) is 41.4 Å². The highest BCUT2D eigenvalue weighted by Crippen LogP contribution is 2.35. The first-order valence-electron chi connectivity index (χ1n) is 8.68. The molecule has 1 heterocycles. The second-order valence-electron chi connectivity index (χ2n) is 5.97. The lowest BCUT2D eigenvalue weighted by molar-refractivity contribution is -0.121. The third-order valence-electron chi connectivity index (χ3n) is 4.01. The molecular weight excluding hydrogens is 360 g/mol. The standard InChI is InChI=1S/C21H22N2OS2/c1-3-19-23-18(14-25-19)15(2)22-21(24)20(16-10-6-4-7-11-16)26-17-12-8-5-9-13-17/h4-15,20H,3H2,1-2H3,(H,22,24). The van der Waals surface area contributed by atoms with E-state index in [9.17, 15) is 4.79 Å². The lowest BCUT2D eigenvalue weighted by Crippen LogP contribution is -2.30. The lowest BCUT2D eigenvalue weighted by atomic mass is 10.1. The van der Waals surface area contributed by atoms with Crippen molar-refractivity contribution in [1.82, 2.24) is 10.3 Å². The van der Waals surface area contributed by atoms with Crippen LogP contribution in [0.15, 0.2) is 70.9 Å². The summed E-state index contributed by atoms with van der Waals surface area (Å²) in [5.41, 5.74) is 1.93. The van der Waals surface area contributed by atoms with E-state index in [0.717, 1.165) is 27.6 Å². The second-order valence-corrected chi connectivity index (χ2v) is 8.09. The summed E-state index contributed by atoms with van der Waals surface area (Å²) in [4.78, 5) is 18.7. The van der Waals surface area contributed by atoms with Crippen LogP contribution in [0.5, 0.6) is 0 Å². The summed E-state index contributed by atoms with van der Waals surface area (Å²) in [7, 11) is 0. The third-order valence-corrected chi connectivity index (χ3v) is 6.29. The summed E-state index contributed by atoms with van der Waals surface area (Å²) < 4.78 is 0. The molecule has 1 N–H and O–H groups in total. The lowest BCUT2D eigenvalue weighted by Gasteiger charge is -2.20. The zero-order valence-corrected chi connectivity index (χ0v) is 16.5. The fourth-order valence-corrected chi connectivity index (χ4v) is 4.48. The van der Waals surface area contributed by atoms with Crippen LogP contribution >= 0.6 is 23.1 Å². The Balaban J connectivity index is 1.78. The smallest absolute Gasteiger partial charge is 0.238 e. The summed E-state index contributed by atoms with van der Waals surface area (Å²) in [5, 5.41) is 5.97. The molecule has 0 bridgehead atoms. The fraction of sp³-hybridized carbons (Fsp3) is 0.238. The van der Waals surface area contributed by atoms with Crippen LogP contribution in [-0.2, 0) is 11.2 Å². The highest BCUT2D eigenvalue weighted by atomic mass is 32.2. The predicted octanol–water partition coefficient (Wildman–Crippen LogP) is 5.42. The molecule has 1 amide bonds. The maximum Gasteiger partial charge on any atom is 0.238 e. The van der Waals surface area contributed by atoms with Crippen molar-refractivity contribution in [3.05, 3.63) is 82.3 Å². The van der Waals surface area contributed by atoms with E-state index < -0.39 is 0 Å². The molecular formula is C21H22N2OS2. The number of aryl methyl sites for hydroxylation is 1. The van der Waals surface area contributed by atoms with E-state index in [4.69, 9.17) is 0 Å². The molecule has 0 radical (unpaired) electrons. The predicted molar refractivity (Wildman–Crippen MR) is 110 cm³/mol. The molecule has 1 aromatic heterocycles. The minimum absolute atomic E-state index is 0.00333. The molecule has 0 fully saturated rings. The number of amides is 1. The second kappa shape index (κ2) is 9.01. The van der Waals surface area contributed by atoms with Gasteiger partial charge in [0.2, 0.25) is 5.91 Å². The summed E-state index contributed by atoms with van der Waals surface area (Å²) in [6.07, 6.45) is 0.918. The topological polar surface area (TPSA) is 42.0 Å². The number of aromatic nitrogens is 1. The normalized spacial score (nSPS) is 13.2. The number of nitrogens with one attached hydrogen (secondary N) is 1. The quantitative estimate of drug-likeness (QED) is 0.555. The molecule has 2 aromatic carbocycles. The van der Waals surface area contributed by atoms with Gasteiger partial charge in [-0.05, 0) is 31.0 Å². The number of carbonyl (C=O) groups excluding carboxylic acids is 1. The number of rotatable bonds is 7. The number of carbonyl (C=O) groups is 1. The zero-order chi connectivity index (χ0) is 18.4. The van der Waals surface area contributed by atoms with Crippen molar-refractivity contribution in [1.29, 1.82) is 0 Å². The van der Waals surface area contributed by atoms with Crippen LogP contribution in [0.4, 0.5) is 0 Å². The Kier molecular flexibility index (Phi) is 6.47. The molecule has 134 valence electrons. The summed E-state index contributed by atoms with van der Waals surface area (Å²) >= 11 is 3.21. The molecule has 0 saturated heterocycles. The largest absolute Gasteiger partial charge is 0.347 e. The first kappa shape index (κ1) is 18.7. The van der Waals surface area contributed by atoms with Crippen molar-refractivity contribution in [2.75, 3.05) is 0 Å². The Hall–Kier alpha value is -2.11. The van der Waals surface area contributed by atoms with Crippen molar-refractivity contribution in [2.45, 2.75) is 36.5 Å². The zero-order valence-electron chi connectivity index (χ0n) is 14.9. The molecule has 5 heteroatoms. The van der Waals surface area contributed by atoms with Gasteiger partial charge in [0, 0.05) is 10.3 Å². The maximum absolute atomic E-state index is 13.1. The van der Waals surface area contributed by atoms with E-state index in [1.165, 1.54) is 0 Å². The molecule has 0 aliphatic heterocycles. The van der Waals surface area contributed by atoms with Crippen LogP contribution in [0.3, 0.4) is 0 Å². The number of benzene rings is 2. The van der Waals surface area contributed by atoms with Crippen molar-refractivity contribution >= 4 is 29.0 Å². The monoisotopic (exact) mass is 382 g/mol. The Bertz CT molecular complexity index is 833. The number of hydrogen-bond donors (Lipinski definition) is 1. The van der Waals surface area contributed by atoms with Crippen LogP contribution in [0, 0.1) is 0 Å². The molecule has 3 aromatic rings. The molecule has 2 atom stereocenters. The minimum atomic E-state index is -0.301. The summed E-state index contributed by atoms with van der Waals surface area (Å²) in [5.74, 6) is 0.00333. The summed E-state index contributed by atoms with van der Waals surface area (Å²) in [6.45, 7) is 4.08. The number of thioether (sulfide) groups is 1. The van der Waals surface area contributed by atoms with Gasteiger partial charge < -0.3 is 5.32 Å². The average molecular weight is 383 g/mol. The van der Waals surface area contributed by atoms with Gasteiger partial charge in [0.25, 0.3) is 0 Å². The van der Waals surface area contributed by atoms with Gasteiger partial charge in [-0.2, -0.15) is 0 Å². The van der Waals surface area contributed by atoms with E-state index in [-0.39, 0.29) is 17.2 Å². The third kappa shape index (κ3) is 4.74. The van der Waals surface area contributed by atoms with Gasteiger partial charge in [-0.15, -0.1) is 23.1 Å². The average Bonchev–Trinajstić information content (AvgIpc) is 3.17. The van der Waals surface area contributed by atoms with Gasteiger partial charge in [0.15, 0.2) is 0 Å². The first-order chi connectivity index (χ1) is 12.7. The molecule has 0 spiro atoms. The SMILES string of the molecule is CCc1nc(C(C)NC(=O)C(Sc2ccccc2)c2ccccc2)cs1. The number of thiazole rings is 1. The highest BCUT2D eigenvalue weighted by Gasteiger charge is 2.24. The molecule has 0 aliphatic rings. The van der Waals surface area contributed by atoms with Gasteiger partial charge in [0.1, 0.15) is 5.25 Å². The van der Waals surface area contributed by atoms with Gasteiger partial charge in [-0.25, -0.2) is 4.98 Å². The molecule has 0 aliphatic carbocycles. The van der Waals surface area contributed by atoms with Crippen molar-refractivity contribution in [3.8, 4) is 0 Å². The van der Waals surface area contributed by atoms with Gasteiger partial charge >= 0.3 is 0 Å². The molecule has 2 unspecified atom stereocenters. The van der Waals surface area contributed by atoms with Gasteiger partial charge in [-0.1, -0.05) is 55.5 Å². The van der Waals surface area contributed by atoms with Crippen LogP contribution in [-0.4, -0.2) is 10.9 Å². The van der Waals surface area contributed by atoms with E-state index in [0.29, 0.717) is 0 Å². The Morgan fingerprint density at radius 2 is 1.77 bits per heavy atom. The van der Waals surface area contributed by atoms with E-state index in [2.05, 4.69) is 17.2 Å². The van der Waals surface area contributed by atoms with Crippen molar-refractivity contribution in [2.24, 2.45) is 0 Å². The summed E-state index contributed by atoms with van der Waals surface area (Å²) in [6, 6.07) is 19.8. The molecule has 3 nitrogen and oxygen atoms in total. The van der Waals surface area contributed by atoms with Crippen LogP contribution in [0.25, 0.3) is 0 Å². The highest BCUT2D eigenvalue weighted by molar-refractivity contribution is 8.00. The van der Waals surface area contributed by atoms with Gasteiger partial charge in [0.05, 0.1) is 16.7 Å². The van der Waals surface area contributed by atoms with Crippen molar-refractivity contribution in [3.63, 3.8) is 0 Å². The fourth-order valence-electron chi connectivity index (χ4n) is 2.59. The molecule has 26 heavy (non-hydrogen) atoms. The van der Waals surface area contributed by atoms with Crippen LogP contribution < -0.4 is 5.32 Å². The number of hydrogen-bond acceptors (Lipinski definition) is 4.